The number of nitrogens with two attached hydrogens (primary N) is 1. The highest BCUT2D eigenvalue weighted by atomic mass is 32.2. The van der Waals surface area contributed by atoms with Crippen LogP contribution in [0.15, 0.2) is 17.0 Å². The molecule has 0 heterocycles. The standard InChI is InChI=1S/C12H15F2NO2S/c1-12(2,11(16)17-3)6-18-10-8(13)4-7(15)5-9(10)14/h4-5H,6,15H2,1-3H3. The molecule has 0 aromatic heterocycles. The Hall–Kier alpha value is -1.30. The number of ether oxygens (including phenoxy) is 1. The van der Waals surface area contributed by atoms with Gasteiger partial charge in [0.1, 0.15) is 11.6 Å². The number of anilines is 1. The second-order valence-corrected chi connectivity index (χ2v) is 5.46. The molecule has 1 rings (SSSR count). The summed E-state index contributed by atoms with van der Waals surface area (Å²) in [7, 11) is 1.28. The van der Waals surface area contributed by atoms with Crippen molar-refractivity contribution in [2.75, 3.05) is 18.6 Å². The zero-order valence-electron chi connectivity index (χ0n) is 10.4. The fourth-order valence-electron chi connectivity index (χ4n) is 1.31. The van der Waals surface area contributed by atoms with Crippen LogP contribution in [0.1, 0.15) is 13.8 Å². The SMILES string of the molecule is COC(=O)C(C)(C)CSc1c(F)cc(N)cc1F. The van der Waals surface area contributed by atoms with Gasteiger partial charge in [-0.05, 0) is 26.0 Å². The van der Waals surface area contributed by atoms with Crippen LogP contribution in [-0.2, 0) is 9.53 Å². The monoisotopic (exact) mass is 275 g/mol. The number of nitrogen functional groups attached to an aromatic ring is 1. The Bertz CT molecular complexity index is 440. The largest absolute Gasteiger partial charge is 0.469 e. The van der Waals surface area contributed by atoms with Gasteiger partial charge in [0.05, 0.1) is 17.4 Å². The van der Waals surface area contributed by atoms with Crippen molar-refractivity contribution in [1.29, 1.82) is 0 Å². The molecule has 0 unspecified atom stereocenters. The molecule has 0 aliphatic heterocycles. The summed E-state index contributed by atoms with van der Waals surface area (Å²) in [6.45, 7) is 3.30. The van der Waals surface area contributed by atoms with Crippen LogP contribution in [0.2, 0.25) is 0 Å². The molecule has 0 aliphatic rings. The van der Waals surface area contributed by atoms with Crippen LogP contribution >= 0.6 is 11.8 Å². The van der Waals surface area contributed by atoms with Crippen LogP contribution in [-0.4, -0.2) is 18.8 Å². The van der Waals surface area contributed by atoms with E-state index in [0.717, 1.165) is 23.9 Å². The normalized spacial score (nSPS) is 11.4. The van der Waals surface area contributed by atoms with Crippen LogP contribution in [0, 0.1) is 17.0 Å². The molecule has 3 nitrogen and oxygen atoms in total. The lowest BCUT2D eigenvalue weighted by molar-refractivity contribution is -0.149. The van der Waals surface area contributed by atoms with Gasteiger partial charge in [0.15, 0.2) is 0 Å². The third-order valence-corrected chi connectivity index (χ3v) is 3.88. The van der Waals surface area contributed by atoms with Gasteiger partial charge in [-0.3, -0.25) is 4.79 Å². The van der Waals surface area contributed by atoms with Gasteiger partial charge in [0.2, 0.25) is 0 Å². The van der Waals surface area contributed by atoms with E-state index < -0.39 is 23.0 Å². The van der Waals surface area contributed by atoms with Gasteiger partial charge in [-0.2, -0.15) is 0 Å². The van der Waals surface area contributed by atoms with Crippen molar-refractivity contribution in [3.63, 3.8) is 0 Å². The van der Waals surface area contributed by atoms with E-state index in [4.69, 9.17) is 5.73 Å². The number of rotatable bonds is 4. The van der Waals surface area contributed by atoms with Gasteiger partial charge < -0.3 is 10.5 Å². The molecular weight excluding hydrogens is 260 g/mol. The lowest BCUT2D eigenvalue weighted by Gasteiger charge is -2.20. The minimum Gasteiger partial charge on any atom is -0.469 e. The number of methoxy groups -OCH3 is 1. The molecular formula is C12H15F2NO2S. The first-order chi connectivity index (χ1) is 8.27. The molecule has 0 fully saturated rings. The fourth-order valence-corrected chi connectivity index (χ4v) is 2.32. The summed E-state index contributed by atoms with van der Waals surface area (Å²) in [6, 6.07) is 2.10. The minimum absolute atomic E-state index is 0.0292. The number of thioether (sulfide) groups is 1. The van der Waals surface area contributed by atoms with Crippen molar-refractivity contribution in [3.05, 3.63) is 23.8 Å². The zero-order valence-corrected chi connectivity index (χ0v) is 11.2. The average molecular weight is 275 g/mol. The number of hydrogen-bond acceptors (Lipinski definition) is 4. The lowest BCUT2D eigenvalue weighted by Crippen LogP contribution is -2.28. The van der Waals surface area contributed by atoms with E-state index >= 15 is 0 Å². The first-order valence-corrected chi connectivity index (χ1v) is 6.22. The van der Waals surface area contributed by atoms with E-state index in [1.165, 1.54) is 7.11 Å². The molecule has 0 saturated heterocycles. The summed E-state index contributed by atoms with van der Waals surface area (Å²) < 4.78 is 31.6. The quantitative estimate of drug-likeness (QED) is 0.521. The molecule has 0 saturated carbocycles. The first-order valence-electron chi connectivity index (χ1n) is 5.23. The number of carbonyl (C=O) groups excluding carboxylic acids is 1. The number of carbonyl (C=O) groups is 1. The highest BCUT2D eigenvalue weighted by Crippen LogP contribution is 2.32. The molecule has 1 aromatic rings. The molecule has 0 spiro atoms. The number of halogens is 2. The van der Waals surface area contributed by atoms with Gasteiger partial charge in [-0.25, -0.2) is 8.78 Å². The average Bonchev–Trinajstić information content (AvgIpc) is 2.26. The van der Waals surface area contributed by atoms with Crippen molar-refractivity contribution in [2.24, 2.45) is 5.41 Å². The van der Waals surface area contributed by atoms with Crippen LogP contribution in [0.25, 0.3) is 0 Å². The van der Waals surface area contributed by atoms with E-state index in [0.29, 0.717) is 0 Å². The van der Waals surface area contributed by atoms with E-state index in [9.17, 15) is 13.6 Å². The molecule has 1 aromatic carbocycles. The second kappa shape index (κ2) is 5.56. The van der Waals surface area contributed by atoms with Gasteiger partial charge >= 0.3 is 5.97 Å². The zero-order chi connectivity index (χ0) is 13.9. The maximum Gasteiger partial charge on any atom is 0.312 e. The third-order valence-electron chi connectivity index (χ3n) is 2.34. The first kappa shape index (κ1) is 14.8. The summed E-state index contributed by atoms with van der Waals surface area (Å²) in [4.78, 5) is 11.3. The van der Waals surface area contributed by atoms with Gasteiger partial charge in [0, 0.05) is 11.4 Å². The Morgan fingerprint density at radius 2 is 1.89 bits per heavy atom. The van der Waals surface area contributed by atoms with E-state index in [2.05, 4.69) is 4.74 Å². The maximum absolute atomic E-state index is 13.5. The van der Waals surface area contributed by atoms with Crippen molar-refractivity contribution < 1.29 is 18.3 Å². The summed E-state index contributed by atoms with van der Waals surface area (Å²) in [6.07, 6.45) is 0. The Kier molecular flexibility index (Phi) is 4.56. The van der Waals surface area contributed by atoms with Gasteiger partial charge in [-0.1, -0.05) is 0 Å². The van der Waals surface area contributed by atoms with Crippen molar-refractivity contribution >= 4 is 23.4 Å². The molecule has 0 bridgehead atoms. The predicted octanol–water partition coefficient (Wildman–Crippen LogP) is 2.84. The predicted molar refractivity (Wildman–Crippen MR) is 67.3 cm³/mol. The van der Waals surface area contributed by atoms with Crippen LogP contribution < -0.4 is 5.73 Å². The second-order valence-electron chi connectivity index (χ2n) is 4.48. The Balaban J connectivity index is 2.84. The van der Waals surface area contributed by atoms with Crippen LogP contribution in [0.4, 0.5) is 14.5 Å². The summed E-state index contributed by atoms with van der Waals surface area (Å²) >= 11 is 0.927. The Morgan fingerprint density at radius 1 is 1.39 bits per heavy atom. The molecule has 6 heteroatoms. The minimum atomic E-state index is -0.820. The van der Waals surface area contributed by atoms with Crippen molar-refractivity contribution in [1.82, 2.24) is 0 Å². The molecule has 100 valence electrons. The molecule has 0 amide bonds. The molecule has 0 aliphatic carbocycles. The van der Waals surface area contributed by atoms with E-state index in [1.807, 2.05) is 0 Å². The molecule has 18 heavy (non-hydrogen) atoms. The van der Waals surface area contributed by atoms with Crippen LogP contribution in [0.3, 0.4) is 0 Å². The summed E-state index contributed by atoms with van der Waals surface area (Å²) in [5, 5.41) is 0. The number of hydrogen-bond donors (Lipinski definition) is 1. The summed E-state index contributed by atoms with van der Waals surface area (Å²) in [5.41, 5.74) is 4.53. The van der Waals surface area contributed by atoms with Crippen LogP contribution in [0.5, 0.6) is 0 Å². The Morgan fingerprint density at radius 3 is 2.33 bits per heavy atom. The lowest BCUT2D eigenvalue weighted by atomic mass is 9.97. The van der Waals surface area contributed by atoms with Gasteiger partial charge in [0.25, 0.3) is 0 Å². The van der Waals surface area contributed by atoms with Gasteiger partial charge in [-0.15, -0.1) is 11.8 Å². The smallest absolute Gasteiger partial charge is 0.312 e. The number of esters is 1. The van der Waals surface area contributed by atoms with Crippen molar-refractivity contribution in [3.8, 4) is 0 Å². The van der Waals surface area contributed by atoms with E-state index in [-0.39, 0.29) is 16.3 Å². The highest BCUT2D eigenvalue weighted by Gasteiger charge is 2.29. The topological polar surface area (TPSA) is 52.3 Å². The fraction of sp³-hybridized carbons (Fsp3) is 0.417. The third kappa shape index (κ3) is 3.35. The highest BCUT2D eigenvalue weighted by molar-refractivity contribution is 7.99. The Labute approximate surface area is 109 Å². The molecule has 0 atom stereocenters. The summed E-state index contributed by atoms with van der Waals surface area (Å²) in [5.74, 6) is -1.67. The van der Waals surface area contributed by atoms with Crippen molar-refractivity contribution in [2.45, 2.75) is 18.7 Å². The van der Waals surface area contributed by atoms with E-state index in [1.54, 1.807) is 13.8 Å². The molecule has 2 N–H and O–H groups in total. The number of benzene rings is 1. The maximum atomic E-state index is 13.5. The molecule has 0 radical (unpaired) electrons.